The molecule has 0 aromatic rings. The van der Waals surface area contributed by atoms with Crippen LogP contribution in [0.5, 0.6) is 0 Å². The maximum Gasteiger partial charge on any atom is 0.500 e. The SMILES string of the molecule is CCCCC(CC)CC[Si](OC)(OC)OC. The molecule has 1 atom stereocenters. The summed E-state index contributed by atoms with van der Waals surface area (Å²) in [6.07, 6.45) is 6.30. The minimum Gasteiger partial charge on any atom is -0.377 e. The highest BCUT2D eigenvalue weighted by molar-refractivity contribution is 6.60. The summed E-state index contributed by atoms with van der Waals surface area (Å²) in [5.74, 6) is 0.785. The number of rotatable bonds is 10. The zero-order valence-corrected chi connectivity index (χ0v) is 12.5. The summed E-state index contributed by atoms with van der Waals surface area (Å²) < 4.78 is 16.3. The van der Waals surface area contributed by atoms with Gasteiger partial charge >= 0.3 is 8.80 Å². The quantitative estimate of drug-likeness (QED) is 0.554. The monoisotopic (exact) mass is 248 g/mol. The van der Waals surface area contributed by atoms with E-state index in [2.05, 4.69) is 13.8 Å². The predicted molar refractivity (Wildman–Crippen MR) is 69.5 cm³/mol. The average molecular weight is 248 g/mol. The first-order valence-corrected chi connectivity index (χ1v) is 8.26. The third kappa shape index (κ3) is 5.43. The molecule has 0 saturated heterocycles. The van der Waals surface area contributed by atoms with Gasteiger partial charge in [0.1, 0.15) is 0 Å². The average Bonchev–Trinajstić information content (AvgIpc) is 2.35. The van der Waals surface area contributed by atoms with Crippen molar-refractivity contribution in [1.82, 2.24) is 0 Å². The van der Waals surface area contributed by atoms with E-state index in [0.29, 0.717) is 0 Å². The van der Waals surface area contributed by atoms with E-state index in [-0.39, 0.29) is 0 Å². The van der Waals surface area contributed by atoms with Crippen LogP contribution in [0.25, 0.3) is 0 Å². The second-order valence-electron chi connectivity index (χ2n) is 4.25. The molecule has 0 rings (SSSR count). The summed E-state index contributed by atoms with van der Waals surface area (Å²) in [4.78, 5) is 0. The van der Waals surface area contributed by atoms with Crippen molar-refractivity contribution in [2.45, 2.75) is 52.0 Å². The fourth-order valence-corrected chi connectivity index (χ4v) is 3.86. The van der Waals surface area contributed by atoms with Crippen molar-refractivity contribution in [3.8, 4) is 0 Å². The Labute approximate surface area is 102 Å². The molecule has 0 aromatic heterocycles. The van der Waals surface area contributed by atoms with Crippen LogP contribution in [0.4, 0.5) is 0 Å². The Morgan fingerprint density at radius 1 is 0.938 bits per heavy atom. The third-order valence-electron chi connectivity index (χ3n) is 3.34. The van der Waals surface area contributed by atoms with Crippen LogP contribution in [-0.4, -0.2) is 30.1 Å². The van der Waals surface area contributed by atoms with Crippen LogP contribution in [-0.2, 0) is 13.3 Å². The lowest BCUT2D eigenvalue weighted by molar-refractivity contribution is 0.121. The smallest absolute Gasteiger partial charge is 0.377 e. The molecule has 0 saturated carbocycles. The summed E-state index contributed by atoms with van der Waals surface area (Å²) in [6, 6.07) is 0.929. The lowest BCUT2D eigenvalue weighted by atomic mass is 9.97. The molecule has 0 spiro atoms. The van der Waals surface area contributed by atoms with E-state index < -0.39 is 8.80 Å². The molecule has 3 nitrogen and oxygen atoms in total. The van der Waals surface area contributed by atoms with Crippen molar-refractivity contribution in [3.05, 3.63) is 0 Å². The molecule has 0 aromatic carbocycles. The molecule has 0 radical (unpaired) electrons. The van der Waals surface area contributed by atoms with Gasteiger partial charge in [0.2, 0.25) is 0 Å². The van der Waals surface area contributed by atoms with Gasteiger partial charge in [0.25, 0.3) is 0 Å². The fraction of sp³-hybridized carbons (Fsp3) is 1.00. The van der Waals surface area contributed by atoms with Crippen LogP contribution < -0.4 is 0 Å². The van der Waals surface area contributed by atoms with Crippen LogP contribution in [0.3, 0.4) is 0 Å². The lowest BCUT2D eigenvalue weighted by Crippen LogP contribution is -2.42. The minimum atomic E-state index is -2.34. The van der Waals surface area contributed by atoms with E-state index in [0.717, 1.165) is 18.4 Å². The first-order chi connectivity index (χ1) is 7.67. The van der Waals surface area contributed by atoms with Crippen molar-refractivity contribution in [1.29, 1.82) is 0 Å². The van der Waals surface area contributed by atoms with Gasteiger partial charge in [-0.3, -0.25) is 0 Å². The molecule has 0 heterocycles. The summed E-state index contributed by atoms with van der Waals surface area (Å²) in [7, 11) is 2.72. The molecule has 0 amide bonds. The van der Waals surface area contributed by atoms with Crippen molar-refractivity contribution < 1.29 is 13.3 Å². The molecule has 0 aliphatic carbocycles. The Hall–Kier alpha value is 0.0969. The van der Waals surface area contributed by atoms with Crippen molar-refractivity contribution in [3.63, 3.8) is 0 Å². The Balaban J connectivity index is 4.05. The highest BCUT2D eigenvalue weighted by Crippen LogP contribution is 2.24. The van der Waals surface area contributed by atoms with Gasteiger partial charge in [-0.25, -0.2) is 0 Å². The van der Waals surface area contributed by atoms with Gasteiger partial charge in [-0.2, -0.15) is 0 Å². The lowest BCUT2D eigenvalue weighted by Gasteiger charge is -2.26. The molecule has 0 aliphatic rings. The van der Waals surface area contributed by atoms with Gasteiger partial charge in [0, 0.05) is 27.4 Å². The topological polar surface area (TPSA) is 27.7 Å². The van der Waals surface area contributed by atoms with E-state index in [9.17, 15) is 0 Å². The molecular weight excluding hydrogens is 220 g/mol. The van der Waals surface area contributed by atoms with E-state index in [1.807, 2.05) is 0 Å². The molecule has 98 valence electrons. The molecule has 16 heavy (non-hydrogen) atoms. The first-order valence-electron chi connectivity index (χ1n) is 6.33. The number of hydrogen-bond acceptors (Lipinski definition) is 3. The predicted octanol–water partition coefficient (Wildman–Crippen LogP) is 3.47. The highest BCUT2D eigenvalue weighted by Gasteiger charge is 2.37. The Morgan fingerprint density at radius 3 is 1.88 bits per heavy atom. The van der Waals surface area contributed by atoms with Crippen LogP contribution in [0.2, 0.25) is 6.04 Å². The highest BCUT2D eigenvalue weighted by atomic mass is 28.4. The standard InChI is InChI=1S/C12H28O3Si/c1-6-8-9-12(7-2)10-11-16(13-3,14-4)15-5/h12H,6-11H2,1-5H3. The molecule has 1 unspecified atom stereocenters. The molecule has 4 heteroatoms. The second kappa shape index (κ2) is 9.16. The molecular formula is C12H28O3Si. The molecule has 0 bridgehead atoms. The van der Waals surface area contributed by atoms with Gasteiger partial charge in [-0.1, -0.05) is 39.5 Å². The summed E-state index contributed by atoms with van der Waals surface area (Å²) in [5, 5.41) is 0. The van der Waals surface area contributed by atoms with Crippen molar-refractivity contribution in [2.24, 2.45) is 5.92 Å². The molecule has 0 N–H and O–H groups in total. The summed E-state index contributed by atoms with van der Waals surface area (Å²) in [5.41, 5.74) is 0. The van der Waals surface area contributed by atoms with Crippen molar-refractivity contribution in [2.75, 3.05) is 21.3 Å². The Kier molecular flexibility index (Phi) is 9.22. The van der Waals surface area contributed by atoms with Gasteiger partial charge in [0.05, 0.1) is 0 Å². The van der Waals surface area contributed by atoms with Crippen LogP contribution in [0, 0.1) is 5.92 Å². The second-order valence-corrected chi connectivity index (χ2v) is 7.34. The summed E-state index contributed by atoms with van der Waals surface area (Å²) in [6.45, 7) is 4.50. The van der Waals surface area contributed by atoms with Crippen LogP contribution in [0.15, 0.2) is 0 Å². The maximum absolute atomic E-state index is 5.43. The summed E-state index contributed by atoms with van der Waals surface area (Å²) >= 11 is 0. The van der Waals surface area contributed by atoms with E-state index in [4.69, 9.17) is 13.3 Å². The Morgan fingerprint density at radius 2 is 1.50 bits per heavy atom. The van der Waals surface area contributed by atoms with Gasteiger partial charge in [0.15, 0.2) is 0 Å². The van der Waals surface area contributed by atoms with Crippen LogP contribution in [0.1, 0.15) is 46.0 Å². The number of unbranched alkanes of at least 4 members (excludes halogenated alkanes) is 1. The number of hydrogen-bond donors (Lipinski definition) is 0. The van der Waals surface area contributed by atoms with Crippen molar-refractivity contribution >= 4 is 8.80 Å². The zero-order valence-electron chi connectivity index (χ0n) is 11.5. The largest absolute Gasteiger partial charge is 0.500 e. The van der Waals surface area contributed by atoms with Gasteiger partial charge in [-0.05, 0) is 12.3 Å². The van der Waals surface area contributed by atoms with E-state index in [1.54, 1.807) is 21.3 Å². The fourth-order valence-electron chi connectivity index (χ4n) is 1.98. The zero-order chi connectivity index (χ0) is 12.4. The normalized spacial score (nSPS) is 14.1. The third-order valence-corrected chi connectivity index (χ3v) is 6.10. The Bertz CT molecular complexity index is 152. The molecule has 0 fully saturated rings. The van der Waals surface area contributed by atoms with Gasteiger partial charge in [-0.15, -0.1) is 0 Å². The van der Waals surface area contributed by atoms with Crippen LogP contribution >= 0.6 is 0 Å². The van der Waals surface area contributed by atoms with E-state index in [1.165, 1.54) is 25.7 Å². The first kappa shape index (κ1) is 16.1. The minimum absolute atomic E-state index is 0.785. The van der Waals surface area contributed by atoms with E-state index >= 15 is 0 Å². The molecule has 0 aliphatic heterocycles. The maximum atomic E-state index is 5.43. The van der Waals surface area contributed by atoms with Gasteiger partial charge < -0.3 is 13.3 Å².